The van der Waals surface area contributed by atoms with Gasteiger partial charge in [-0.1, -0.05) is 25.6 Å². The van der Waals surface area contributed by atoms with E-state index in [1.807, 2.05) is 0 Å². The van der Waals surface area contributed by atoms with Gasteiger partial charge in [0.1, 0.15) is 11.1 Å². The Morgan fingerprint density at radius 2 is 2.06 bits per heavy atom. The Kier molecular flexibility index (Phi) is 5.93. The Balaban J connectivity index is 1.38. The van der Waals surface area contributed by atoms with Crippen molar-refractivity contribution in [3.63, 3.8) is 0 Å². The zero-order valence-corrected chi connectivity index (χ0v) is 19.3. The number of aromatic nitrogens is 1. The van der Waals surface area contributed by atoms with Crippen molar-refractivity contribution in [2.45, 2.75) is 55.2 Å². The lowest BCUT2D eigenvalue weighted by atomic mass is 9.77. The molecule has 2 aliphatic rings. The van der Waals surface area contributed by atoms with E-state index in [4.69, 9.17) is 4.42 Å². The van der Waals surface area contributed by atoms with Gasteiger partial charge in [-0.05, 0) is 49.8 Å². The van der Waals surface area contributed by atoms with E-state index in [9.17, 15) is 22.8 Å². The van der Waals surface area contributed by atoms with Crippen LogP contribution < -0.4 is 10.7 Å². The summed E-state index contributed by atoms with van der Waals surface area (Å²) in [4.78, 5) is 41.8. The van der Waals surface area contributed by atoms with Gasteiger partial charge in [0.2, 0.25) is 5.91 Å². The summed E-state index contributed by atoms with van der Waals surface area (Å²) >= 11 is 0.978. The Labute approximate surface area is 189 Å². The third-order valence-electron chi connectivity index (χ3n) is 5.93. The highest BCUT2D eigenvalue weighted by Gasteiger charge is 2.52. The molecule has 0 bridgehead atoms. The minimum Gasteiger partial charge on any atom is -0.431 e. The SMILES string of the molecule is CCS(=O)(=O)c1ccc2oc(SCC(=O)NN3C(=O)NC4(CCC(C)CC4)C3=O)nc2c1. The van der Waals surface area contributed by atoms with Crippen molar-refractivity contribution in [3.05, 3.63) is 18.2 Å². The molecular formula is C20H24N4O6S2. The number of nitrogens with zero attached hydrogens (tertiary/aromatic N) is 2. The molecule has 2 fully saturated rings. The molecule has 1 aliphatic carbocycles. The van der Waals surface area contributed by atoms with E-state index in [1.165, 1.54) is 18.2 Å². The van der Waals surface area contributed by atoms with Crippen LogP contribution in [0.3, 0.4) is 0 Å². The Morgan fingerprint density at radius 3 is 2.75 bits per heavy atom. The third-order valence-corrected chi connectivity index (χ3v) is 8.49. The Morgan fingerprint density at radius 1 is 1.34 bits per heavy atom. The van der Waals surface area contributed by atoms with E-state index in [2.05, 4.69) is 22.7 Å². The molecule has 32 heavy (non-hydrogen) atoms. The van der Waals surface area contributed by atoms with Gasteiger partial charge in [-0.15, -0.1) is 0 Å². The van der Waals surface area contributed by atoms with Crippen LogP contribution in [0.15, 0.2) is 32.7 Å². The number of rotatable bonds is 6. The molecule has 2 N–H and O–H groups in total. The second-order valence-corrected chi connectivity index (χ2v) is 11.4. The van der Waals surface area contributed by atoms with Gasteiger partial charge in [0, 0.05) is 0 Å². The van der Waals surface area contributed by atoms with E-state index in [0.29, 0.717) is 29.9 Å². The van der Waals surface area contributed by atoms with Gasteiger partial charge in [-0.2, -0.15) is 5.01 Å². The first-order chi connectivity index (χ1) is 15.1. The van der Waals surface area contributed by atoms with Crippen LogP contribution in [-0.4, -0.2) is 53.3 Å². The number of hydrazine groups is 1. The van der Waals surface area contributed by atoms with Crippen LogP contribution in [0, 0.1) is 5.92 Å². The fraction of sp³-hybridized carbons (Fsp3) is 0.500. The van der Waals surface area contributed by atoms with Crippen molar-refractivity contribution in [1.82, 2.24) is 20.7 Å². The highest BCUT2D eigenvalue weighted by atomic mass is 32.2. The average Bonchev–Trinajstić information content (AvgIpc) is 3.28. The molecule has 1 saturated carbocycles. The summed E-state index contributed by atoms with van der Waals surface area (Å²) in [5, 5.41) is 3.68. The van der Waals surface area contributed by atoms with E-state index in [1.54, 1.807) is 6.92 Å². The number of carbonyl (C=O) groups is 3. The fourth-order valence-corrected chi connectivity index (χ4v) is 5.44. The number of carbonyl (C=O) groups excluding carboxylic acids is 3. The zero-order valence-electron chi connectivity index (χ0n) is 17.7. The Bertz CT molecular complexity index is 1180. The topological polar surface area (TPSA) is 139 Å². The summed E-state index contributed by atoms with van der Waals surface area (Å²) < 4.78 is 29.6. The van der Waals surface area contributed by atoms with Crippen LogP contribution in [0.2, 0.25) is 0 Å². The smallest absolute Gasteiger partial charge is 0.344 e. The van der Waals surface area contributed by atoms with Crippen molar-refractivity contribution in [1.29, 1.82) is 0 Å². The maximum absolute atomic E-state index is 12.8. The third kappa shape index (κ3) is 4.20. The molecular weight excluding hydrogens is 456 g/mol. The second-order valence-electron chi connectivity index (χ2n) is 8.17. The molecule has 1 saturated heterocycles. The molecule has 12 heteroatoms. The summed E-state index contributed by atoms with van der Waals surface area (Å²) in [6.07, 6.45) is 2.78. The standard InChI is InChI=1S/C20H24N4O6S2/c1-3-32(28,29)13-4-5-15-14(10-13)21-19(30-15)31-11-16(25)23-24-17(26)20(22-18(24)27)8-6-12(2)7-9-20/h4-5,10,12H,3,6-9,11H2,1-2H3,(H,22,27)(H,23,25). The molecule has 1 spiro atoms. The lowest BCUT2D eigenvalue weighted by Gasteiger charge is -2.33. The molecule has 10 nitrogen and oxygen atoms in total. The van der Waals surface area contributed by atoms with Gasteiger partial charge in [-0.25, -0.2) is 18.2 Å². The van der Waals surface area contributed by atoms with Crippen molar-refractivity contribution < 1.29 is 27.2 Å². The number of hydrogen-bond donors (Lipinski definition) is 2. The molecule has 1 aromatic carbocycles. The van der Waals surface area contributed by atoms with Gasteiger partial charge in [0.05, 0.1) is 16.4 Å². The van der Waals surface area contributed by atoms with Crippen LogP contribution in [0.25, 0.3) is 11.1 Å². The molecule has 2 aromatic rings. The number of sulfone groups is 1. The molecule has 1 aliphatic heterocycles. The molecule has 0 unspecified atom stereocenters. The van der Waals surface area contributed by atoms with Crippen LogP contribution in [0.4, 0.5) is 4.79 Å². The number of hydrogen-bond acceptors (Lipinski definition) is 8. The van der Waals surface area contributed by atoms with Gasteiger partial charge in [-0.3, -0.25) is 15.0 Å². The van der Waals surface area contributed by atoms with Gasteiger partial charge < -0.3 is 9.73 Å². The molecule has 0 radical (unpaired) electrons. The first-order valence-corrected chi connectivity index (χ1v) is 13.0. The molecule has 4 rings (SSSR count). The number of benzene rings is 1. The van der Waals surface area contributed by atoms with E-state index < -0.39 is 33.2 Å². The normalized spacial score (nSPS) is 23.7. The van der Waals surface area contributed by atoms with Crippen LogP contribution in [0.1, 0.15) is 39.5 Å². The van der Waals surface area contributed by atoms with Crippen molar-refractivity contribution >= 4 is 50.5 Å². The fourth-order valence-electron chi connectivity index (χ4n) is 3.91. The quantitative estimate of drug-likeness (QED) is 0.474. The number of imide groups is 1. The van der Waals surface area contributed by atoms with Crippen molar-refractivity contribution in [2.24, 2.45) is 5.92 Å². The molecule has 172 valence electrons. The molecule has 2 heterocycles. The average molecular weight is 481 g/mol. The van der Waals surface area contributed by atoms with E-state index >= 15 is 0 Å². The van der Waals surface area contributed by atoms with Crippen molar-refractivity contribution in [3.8, 4) is 0 Å². The van der Waals surface area contributed by atoms with E-state index in [0.717, 1.165) is 29.6 Å². The summed E-state index contributed by atoms with van der Waals surface area (Å²) in [6.45, 7) is 3.67. The van der Waals surface area contributed by atoms with Gasteiger partial charge in [0.15, 0.2) is 15.4 Å². The summed E-state index contributed by atoms with van der Waals surface area (Å²) in [7, 11) is -3.37. The number of oxazole rings is 1. The second kappa shape index (κ2) is 8.39. The minimum absolute atomic E-state index is 0.0265. The maximum Gasteiger partial charge on any atom is 0.344 e. The number of urea groups is 1. The number of nitrogens with one attached hydrogen (secondary N) is 2. The van der Waals surface area contributed by atoms with Crippen LogP contribution in [-0.2, 0) is 19.4 Å². The lowest BCUT2D eigenvalue weighted by molar-refractivity contribution is -0.139. The van der Waals surface area contributed by atoms with E-state index in [-0.39, 0.29) is 21.6 Å². The summed E-state index contributed by atoms with van der Waals surface area (Å²) in [5.41, 5.74) is 2.20. The minimum atomic E-state index is -3.37. The maximum atomic E-state index is 12.8. The molecule has 4 amide bonds. The number of fused-ring (bicyclic) bond motifs is 1. The first-order valence-electron chi connectivity index (χ1n) is 10.4. The zero-order chi connectivity index (χ0) is 23.1. The lowest BCUT2D eigenvalue weighted by Crippen LogP contribution is -2.51. The first kappa shape index (κ1) is 22.6. The predicted octanol–water partition coefficient (Wildman–Crippen LogP) is 2.25. The largest absolute Gasteiger partial charge is 0.431 e. The molecule has 1 aromatic heterocycles. The van der Waals surface area contributed by atoms with Crippen LogP contribution in [0.5, 0.6) is 0 Å². The van der Waals surface area contributed by atoms with Crippen LogP contribution >= 0.6 is 11.8 Å². The monoisotopic (exact) mass is 480 g/mol. The summed E-state index contributed by atoms with van der Waals surface area (Å²) in [6, 6.07) is 3.77. The Hall–Kier alpha value is -2.60. The van der Waals surface area contributed by atoms with Gasteiger partial charge >= 0.3 is 6.03 Å². The van der Waals surface area contributed by atoms with Crippen molar-refractivity contribution in [2.75, 3.05) is 11.5 Å². The molecule has 0 atom stereocenters. The highest BCUT2D eigenvalue weighted by molar-refractivity contribution is 7.99. The number of amides is 4. The number of thioether (sulfide) groups is 1. The summed E-state index contributed by atoms with van der Waals surface area (Å²) in [5.74, 6) is -0.662. The predicted molar refractivity (Wildman–Crippen MR) is 116 cm³/mol. The van der Waals surface area contributed by atoms with Gasteiger partial charge in [0.25, 0.3) is 11.1 Å². The highest BCUT2D eigenvalue weighted by Crippen LogP contribution is 2.35.